The van der Waals surface area contributed by atoms with Gasteiger partial charge in [0.25, 0.3) is 0 Å². The number of rotatable bonds is 10. The number of esters is 1. The summed E-state index contributed by atoms with van der Waals surface area (Å²) in [5.41, 5.74) is 1.76. The van der Waals surface area contributed by atoms with Crippen LogP contribution in [0.1, 0.15) is 39.7 Å². The second kappa shape index (κ2) is 11.0. The number of fused-ring (bicyclic) bond motifs is 1. The number of carbonyl (C=O) groups is 1. The minimum atomic E-state index is -0.489. The molecule has 0 fully saturated rings. The molecule has 2 aromatic carbocycles. The maximum absolute atomic E-state index is 13.6. The summed E-state index contributed by atoms with van der Waals surface area (Å²) in [6.07, 6.45) is 1.75. The molecular formula is C25H30ClFN4O3. The van der Waals surface area contributed by atoms with E-state index < -0.39 is 11.4 Å². The minimum Gasteiger partial charge on any atom is -0.493 e. The van der Waals surface area contributed by atoms with Gasteiger partial charge in [-0.2, -0.15) is 0 Å². The molecule has 3 rings (SSSR count). The molecule has 0 unspecified atom stereocenters. The summed E-state index contributed by atoms with van der Waals surface area (Å²) in [7, 11) is 1.39. The summed E-state index contributed by atoms with van der Waals surface area (Å²) in [6.45, 7) is 9.91. The fourth-order valence-corrected chi connectivity index (χ4v) is 4.16. The monoisotopic (exact) mass is 488 g/mol. The van der Waals surface area contributed by atoms with E-state index in [2.05, 4.69) is 41.0 Å². The lowest BCUT2D eigenvalue weighted by Crippen LogP contribution is -2.43. The van der Waals surface area contributed by atoms with Crippen molar-refractivity contribution in [1.29, 1.82) is 0 Å². The van der Waals surface area contributed by atoms with Gasteiger partial charge < -0.3 is 14.8 Å². The molecule has 1 N–H and O–H groups in total. The first-order valence-corrected chi connectivity index (χ1v) is 11.5. The Morgan fingerprint density at radius 1 is 1.21 bits per heavy atom. The first kappa shape index (κ1) is 25.6. The van der Waals surface area contributed by atoms with Gasteiger partial charge >= 0.3 is 5.97 Å². The van der Waals surface area contributed by atoms with E-state index in [0.29, 0.717) is 35.9 Å². The van der Waals surface area contributed by atoms with Crippen LogP contribution in [0.3, 0.4) is 0 Å². The molecule has 0 saturated carbocycles. The number of aromatic nitrogens is 2. The summed E-state index contributed by atoms with van der Waals surface area (Å²) in [5, 5.41) is 4.02. The van der Waals surface area contributed by atoms with Crippen molar-refractivity contribution < 1.29 is 18.7 Å². The molecule has 0 amide bonds. The molecule has 0 aliphatic carbocycles. The molecule has 9 heteroatoms. The first-order chi connectivity index (χ1) is 16.2. The molecular weight excluding hydrogens is 459 g/mol. The topological polar surface area (TPSA) is 76.6 Å². The van der Waals surface area contributed by atoms with Crippen LogP contribution >= 0.6 is 11.6 Å². The highest BCUT2D eigenvalue weighted by Gasteiger charge is 2.32. The Morgan fingerprint density at radius 3 is 2.62 bits per heavy atom. The number of nitrogens with one attached hydrogen (secondary N) is 1. The summed E-state index contributed by atoms with van der Waals surface area (Å²) < 4.78 is 24.4. The van der Waals surface area contributed by atoms with E-state index in [9.17, 15) is 9.18 Å². The third-order valence-electron chi connectivity index (χ3n) is 5.86. The van der Waals surface area contributed by atoms with Crippen LogP contribution in [-0.4, -0.2) is 47.6 Å². The third kappa shape index (κ3) is 5.56. The van der Waals surface area contributed by atoms with Crippen molar-refractivity contribution in [3.8, 4) is 5.75 Å². The Balaban J connectivity index is 2.08. The Labute approximate surface area is 204 Å². The standard InChI is InChI=1S/C25H30ClFN4O3/c1-6-31(11-10-23(32)33-5)25(3,4)18-13-17-21(14-22(18)34-7-2)28-15-29-24(17)30-16-8-9-20(27)19(26)12-16/h8-9,12-15H,6-7,10-11H2,1-5H3,(H,28,29,30). The van der Waals surface area contributed by atoms with Crippen molar-refractivity contribution in [3.05, 3.63) is 53.1 Å². The zero-order valence-electron chi connectivity index (χ0n) is 20.1. The van der Waals surface area contributed by atoms with Gasteiger partial charge in [0.1, 0.15) is 23.7 Å². The van der Waals surface area contributed by atoms with Gasteiger partial charge in [0, 0.05) is 34.8 Å². The number of methoxy groups -OCH3 is 1. The van der Waals surface area contributed by atoms with E-state index in [1.807, 2.05) is 19.1 Å². The molecule has 0 aliphatic heterocycles. The minimum absolute atomic E-state index is 0.0213. The average molecular weight is 489 g/mol. The summed E-state index contributed by atoms with van der Waals surface area (Å²) >= 11 is 5.95. The molecule has 0 spiro atoms. The van der Waals surface area contributed by atoms with Crippen LogP contribution in [0.5, 0.6) is 5.75 Å². The number of ether oxygens (including phenoxy) is 2. The summed E-state index contributed by atoms with van der Waals surface area (Å²) in [4.78, 5) is 22.8. The third-order valence-corrected chi connectivity index (χ3v) is 6.15. The van der Waals surface area contributed by atoms with Gasteiger partial charge in [0.15, 0.2) is 0 Å². The molecule has 1 heterocycles. The fourth-order valence-electron chi connectivity index (χ4n) is 3.98. The van der Waals surface area contributed by atoms with Gasteiger partial charge in [-0.3, -0.25) is 9.69 Å². The average Bonchev–Trinajstić information content (AvgIpc) is 2.81. The van der Waals surface area contributed by atoms with Crippen molar-refractivity contribution in [2.24, 2.45) is 0 Å². The predicted octanol–water partition coefficient (Wildman–Crippen LogP) is 5.68. The fraction of sp³-hybridized carbons (Fsp3) is 0.400. The van der Waals surface area contributed by atoms with Gasteiger partial charge in [0.2, 0.25) is 0 Å². The van der Waals surface area contributed by atoms with Gasteiger partial charge in [-0.1, -0.05) is 18.5 Å². The van der Waals surface area contributed by atoms with Crippen LogP contribution in [0, 0.1) is 5.82 Å². The Hall–Kier alpha value is -2.97. The van der Waals surface area contributed by atoms with Crippen LogP contribution in [0.15, 0.2) is 36.7 Å². The maximum atomic E-state index is 13.6. The largest absolute Gasteiger partial charge is 0.493 e. The number of benzene rings is 2. The number of hydrogen-bond acceptors (Lipinski definition) is 7. The maximum Gasteiger partial charge on any atom is 0.306 e. The highest BCUT2D eigenvalue weighted by Crippen LogP contribution is 2.39. The Bertz CT molecular complexity index is 1170. The van der Waals surface area contributed by atoms with E-state index in [1.165, 1.54) is 25.6 Å². The van der Waals surface area contributed by atoms with Gasteiger partial charge in [-0.15, -0.1) is 0 Å². The van der Waals surface area contributed by atoms with Gasteiger partial charge in [0.05, 0.1) is 30.7 Å². The summed E-state index contributed by atoms with van der Waals surface area (Å²) in [6, 6.07) is 8.31. The normalized spacial score (nSPS) is 11.6. The predicted molar refractivity (Wildman–Crippen MR) is 132 cm³/mol. The highest BCUT2D eigenvalue weighted by molar-refractivity contribution is 6.31. The van der Waals surface area contributed by atoms with Crippen LogP contribution in [0.2, 0.25) is 5.02 Å². The van der Waals surface area contributed by atoms with E-state index >= 15 is 0 Å². The lowest BCUT2D eigenvalue weighted by atomic mass is 9.89. The van der Waals surface area contributed by atoms with E-state index in [4.69, 9.17) is 21.1 Å². The smallest absolute Gasteiger partial charge is 0.306 e. The molecule has 0 atom stereocenters. The number of nitrogens with zero attached hydrogens (tertiary/aromatic N) is 3. The van der Waals surface area contributed by atoms with Crippen LogP contribution in [-0.2, 0) is 15.1 Å². The first-order valence-electron chi connectivity index (χ1n) is 11.2. The summed E-state index contributed by atoms with van der Waals surface area (Å²) in [5.74, 6) is 0.531. The van der Waals surface area contributed by atoms with Gasteiger partial charge in [-0.25, -0.2) is 14.4 Å². The highest BCUT2D eigenvalue weighted by atomic mass is 35.5. The van der Waals surface area contributed by atoms with E-state index in [-0.39, 0.29) is 17.4 Å². The molecule has 0 aliphatic rings. The van der Waals surface area contributed by atoms with Crippen LogP contribution < -0.4 is 10.1 Å². The van der Waals surface area contributed by atoms with Crippen molar-refractivity contribution in [2.45, 2.75) is 39.7 Å². The lowest BCUT2D eigenvalue weighted by Gasteiger charge is -2.39. The van der Waals surface area contributed by atoms with Crippen molar-refractivity contribution in [1.82, 2.24) is 14.9 Å². The van der Waals surface area contributed by atoms with E-state index in [0.717, 1.165) is 17.5 Å². The van der Waals surface area contributed by atoms with Crippen LogP contribution in [0.25, 0.3) is 10.9 Å². The molecule has 7 nitrogen and oxygen atoms in total. The Kier molecular flexibility index (Phi) is 8.28. The quantitative estimate of drug-likeness (QED) is 0.367. The zero-order valence-corrected chi connectivity index (χ0v) is 20.9. The molecule has 3 aromatic rings. The molecule has 0 bridgehead atoms. The SMILES string of the molecule is CCOc1cc2ncnc(Nc3ccc(F)c(Cl)c3)c2cc1C(C)(C)N(CC)CCC(=O)OC. The molecule has 0 saturated heterocycles. The van der Waals surface area contributed by atoms with Crippen molar-refractivity contribution in [2.75, 3.05) is 32.1 Å². The number of halogens is 2. The number of hydrogen-bond donors (Lipinski definition) is 1. The van der Waals surface area contributed by atoms with Crippen LogP contribution in [0.4, 0.5) is 15.9 Å². The number of carbonyl (C=O) groups excluding carboxylic acids is 1. The van der Waals surface area contributed by atoms with Gasteiger partial charge in [-0.05, 0) is 51.6 Å². The molecule has 182 valence electrons. The van der Waals surface area contributed by atoms with E-state index in [1.54, 1.807) is 6.07 Å². The lowest BCUT2D eigenvalue weighted by molar-refractivity contribution is -0.141. The zero-order chi connectivity index (χ0) is 24.9. The van der Waals surface area contributed by atoms with Crippen molar-refractivity contribution >= 4 is 40.0 Å². The Morgan fingerprint density at radius 2 is 1.97 bits per heavy atom. The second-order valence-electron chi connectivity index (χ2n) is 8.24. The molecule has 0 radical (unpaired) electrons. The van der Waals surface area contributed by atoms with Crippen molar-refractivity contribution in [3.63, 3.8) is 0 Å². The molecule has 1 aromatic heterocycles. The molecule has 34 heavy (non-hydrogen) atoms. The second-order valence-corrected chi connectivity index (χ2v) is 8.65. The number of anilines is 2.